The molecule has 3 rings (SSSR count). The van der Waals surface area contributed by atoms with Crippen LogP contribution >= 0.6 is 0 Å². The van der Waals surface area contributed by atoms with E-state index in [0.29, 0.717) is 12.2 Å². The number of rotatable bonds is 5. The predicted molar refractivity (Wildman–Crippen MR) is 90.3 cm³/mol. The number of ether oxygens (including phenoxy) is 2. The lowest BCUT2D eigenvalue weighted by molar-refractivity contribution is 0.299. The maximum Gasteiger partial charge on any atom is 0.176 e. The molecule has 0 fully saturated rings. The number of fused-ring (bicyclic) bond motifs is 1. The van der Waals surface area contributed by atoms with Gasteiger partial charge in [0, 0.05) is 23.1 Å². The SMILES string of the molecule is COc1ccc(-c2oc3c(OC)cc(CCO)cc3c2C)cc1. The van der Waals surface area contributed by atoms with Gasteiger partial charge in [-0.05, 0) is 55.3 Å². The van der Waals surface area contributed by atoms with Crippen LogP contribution in [0.15, 0.2) is 40.8 Å². The average molecular weight is 312 g/mol. The lowest BCUT2D eigenvalue weighted by atomic mass is 10.0. The first kappa shape index (κ1) is 15.4. The Bertz CT molecular complexity index is 815. The van der Waals surface area contributed by atoms with E-state index in [1.807, 2.05) is 37.3 Å². The second kappa shape index (κ2) is 6.34. The molecular weight excluding hydrogens is 292 g/mol. The molecule has 4 heteroatoms. The van der Waals surface area contributed by atoms with E-state index >= 15 is 0 Å². The van der Waals surface area contributed by atoms with Crippen molar-refractivity contribution in [2.24, 2.45) is 0 Å². The molecule has 1 aromatic heterocycles. The molecule has 3 aromatic rings. The number of methoxy groups -OCH3 is 2. The molecule has 0 saturated heterocycles. The van der Waals surface area contributed by atoms with Crippen LogP contribution in [-0.2, 0) is 6.42 Å². The Kier molecular flexibility index (Phi) is 4.26. The Morgan fingerprint density at radius 1 is 1.04 bits per heavy atom. The average Bonchev–Trinajstić information content (AvgIpc) is 2.92. The minimum Gasteiger partial charge on any atom is -0.497 e. The molecule has 2 aromatic carbocycles. The van der Waals surface area contributed by atoms with Crippen molar-refractivity contribution in [1.82, 2.24) is 0 Å². The summed E-state index contributed by atoms with van der Waals surface area (Å²) >= 11 is 0. The standard InChI is InChI=1S/C19H20O4/c1-12-16-10-13(8-9-20)11-17(22-3)19(16)23-18(12)14-4-6-15(21-2)7-5-14/h4-7,10-11,20H,8-9H2,1-3H3. The van der Waals surface area contributed by atoms with Crippen LogP contribution in [0.25, 0.3) is 22.3 Å². The van der Waals surface area contributed by atoms with Gasteiger partial charge in [-0.25, -0.2) is 0 Å². The summed E-state index contributed by atoms with van der Waals surface area (Å²) < 4.78 is 16.7. The molecule has 4 nitrogen and oxygen atoms in total. The van der Waals surface area contributed by atoms with Gasteiger partial charge in [-0.15, -0.1) is 0 Å². The van der Waals surface area contributed by atoms with Crippen molar-refractivity contribution < 1.29 is 19.0 Å². The van der Waals surface area contributed by atoms with Crippen molar-refractivity contribution in [1.29, 1.82) is 0 Å². The monoisotopic (exact) mass is 312 g/mol. The Hall–Kier alpha value is -2.46. The number of benzene rings is 2. The second-order valence-corrected chi connectivity index (χ2v) is 5.43. The molecule has 0 saturated carbocycles. The van der Waals surface area contributed by atoms with Crippen LogP contribution in [0, 0.1) is 6.92 Å². The number of hydrogen-bond acceptors (Lipinski definition) is 4. The van der Waals surface area contributed by atoms with E-state index in [4.69, 9.17) is 13.9 Å². The Labute approximate surface area is 135 Å². The third kappa shape index (κ3) is 2.78. The molecule has 120 valence electrons. The number of aliphatic hydroxyl groups is 1. The van der Waals surface area contributed by atoms with Crippen molar-refractivity contribution in [3.05, 3.63) is 47.5 Å². The second-order valence-electron chi connectivity index (χ2n) is 5.43. The van der Waals surface area contributed by atoms with Crippen molar-refractivity contribution in [3.63, 3.8) is 0 Å². The molecule has 1 N–H and O–H groups in total. The summed E-state index contributed by atoms with van der Waals surface area (Å²) in [5, 5.41) is 10.2. The van der Waals surface area contributed by atoms with E-state index < -0.39 is 0 Å². The zero-order valence-electron chi connectivity index (χ0n) is 13.6. The van der Waals surface area contributed by atoms with Gasteiger partial charge in [-0.3, -0.25) is 0 Å². The largest absolute Gasteiger partial charge is 0.497 e. The number of aryl methyl sites for hydroxylation is 1. The van der Waals surface area contributed by atoms with Crippen molar-refractivity contribution >= 4 is 11.0 Å². The Morgan fingerprint density at radius 2 is 1.78 bits per heavy atom. The molecular formula is C19H20O4. The molecule has 1 heterocycles. The highest BCUT2D eigenvalue weighted by Crippen LogP contribution is 2.38. The van der Waals surface area contributed by atoms with Crippen LogP contribution in [0.4, 0.5) is 0 Å². The fourth-order valence-electron chi connectivity index (χ4n) is 2.79. The summed E-state index contributed by atoms with van der Waals surface area (Å²) in [6, 6.07) is 11.8. The van der Waals surface area contributed by atoms with Gasteiger partial charge in [0.2, 0.25) is 0 Å². The topological polar surface area (TPSA) is 51.8 Å². The first-order valence-electron chi connectivity index (χ1n) is 7.53. The maximum absolute atomic E-state index is 9.18. The highest BCUT2D eigenvalue weighted by atomic mass is 16.5. The third-order valence-corrected chi connectivity index (χ3v) is 4.04. The lowest BCUT2D eigenvalue weighted by Crippen LogP contribution is -1.92. The molecule has 0 atom stereocenters. The van der Waals surface area contributed by atoms with E-state index in [1.54, 1.807) is 14.2 Å². The number of furan rings is 1. The minimum atomic E-state index is 0.108. The van der Waals surface area contributed by atoms with E-state index in [-0.39, 0.29) is 6.61 Å². The smallest absolute Gasteiger partial charge is 0.176 e. The summed E-state index contributed by atoms with van der Waals surface area (Å²) in [5.41, 5.74) is 3.81. The molecule has 0 radical (unpaired) electrons. The van der Waals surface area contributed by atoms with Crippen LogP contribution in [-0.4, -0.2) is 25.9 Å². The van der Waals surface area contributed by atoms with Crippen molar-refractivity contribution in [2.45, 2.75) is 13.3 Å². The lowest BCUT2D eigenvalue weighted by Gasteiger charge is -2.04. The normalized spacial score (nSPS) is 11.0. The highest BCUT2D eigenvalue weighted by molar-refractivity contribution is 5.92. The quantitative estimate of drug-likeness (QED) is 0.775. The summed E-state index contributed by atoms with van der Waals surface area (Å²) in [7, 11) is 3.28. The summed E-state index contributed by atoms with van der Waals surface area (Å²) in [6.07, 6.45) is 0.592. The molecule has 0 spiro atoms. The van der Waals surface area contributed by atoms with Crippen LogP contribution < -0.4 is 9.47 Å². The highest BCUT2D eigenvalue weighted by Gasteiger charge is 2.17. The van der Waals surface area contributed by atoms with Gasteiger partial charge in [-0.1, -0.05) is 0 Å². The third-order valence-electron chi connectivity index (χ3n) is 4.04. The number of hydrogen-bond donors (Lipinski definition) is 1. The van der Waals surface area contributed by atoms with Gasteiger partial charge in [0.25, 0.3) is 0 Å². The van der Waals surface area contributed by atoms with Gasteiger partial charge in [0.05, 0.1) is 14.2 Å². The molecule has 0 unspecified atom stereocenters. The molecule has 23 heavy (non-hydrogen) atoms. The summed E-state index contributed by atoms with van der Waals surface area (Å²) in [4.78, 5) is 0. The molecule has 0 bridgehead atoms. The zero-order chi connectivity index (χ0) is 16.4. The van der Waals surface area contributed by atoms with Gasteiger partial charge in [0.15, 0.2) is 11.3 Å². The minimum absolute atomic E-state index is 0.108. The van der Waals surface area contributed by atoms with Gasteiger partial charge in [0.1, 0.15) is 11.5 Å². The molecule has 0 aliphatic rings. The van der Waals surface area contributed by atoms with E-state index in [2.05, 4.69) is 6.07 Å². The van der Waals surface area contributed by atoms with Crippen molar-refractivity contribution in [2.75, 3.05) is 20.8 Å². The van der Waals surface area contributed by atoms with Crippen LogP contribution in [0.5, 0.6) is 11.5 Å². The van der Waals surface area contributed by atoms with Crippen LogP contribution in [0.2, 0.25) is 0 Å². The van der Waals surface area contributed by atoms with Gasteiger partial charge >= 0.3 is 0 Å². The summed E-state index contributed by atoms with van der Waals surface area (Å²) in [5.74, 6) is 2.32. The van der Waals surface area contributed by atoms with E-state index in [1.165, 1.54) is 0 Å². The molecule has 0 amide bonds. The molecule has 0 aliphatic carbocycles. The Balaban J connectivity index is 2.16. The van der Waals surface area contributed by atoms with E-state index in [9.17, 15) is 5.11 Å². The first-order valence-corrected chi connectivity index (χ1v) is 7.53. The predicted octanol–water partition coefficient (Wildman–Crippen LogP) is 3.96. The van der Waals surface area contributed by atoms with Crippen LogP contribution in [0.1, 0.15) is 11.1 Å². The first-order chi connectivity index (χ1) is 11.2. The van der Waals surface area contributed by atoms with Crippen molar-refractivity contribution in [3.8, 4) is 22.8 Å². The number of aliphatic hydroxyl groups excluding tert-OH is 1. The van der Waals surface area contributed by atoms with Gasteiger partial charge in [-0.2, -0.15) is 0 Å². The van der Waals surface area contributed by atoms with E-state index in [0.717, 1.165) is 39.2 Å². The zero-order valence-corrected chi connectivity index (χ0v) is 13.6. The maximum atomic E-state index is 9.18. The van der Waals surface area contributed by atoms with Crippen LogP contribution in [0.3, 0.4) is 0 Å². The van der Waals surface area contributed by atoms with Gasteiger partial charge < -0.3 is 19.0 Å². The Morgan fingerprint density at radius 3 is 2.39 bits per heavy atom. The summed E-state index contributed by atoms with van der Waals surface area (Å²) in [6.45, 7) is 2.14. The fourth-order valence-corrected chi connectivity index (χ4v) is 2.79. The molecule has 0 aliphatic heterocycles. The fraction of sp³-hybridized carbons (Fsp3) is 0.263.